The molecule has 5 aromatic carbocycles. The van der Waals surface area contributed by atoms with Gasteiger partial charge in [0.15, 0.2) is 0 Å². The monoisotopic (exact) mass is 618 g/mol. The minimum atomic E-state index is 0.116. The molecule has 0 amide bonds. The number of nitrogens with zero attached hydrogens (tertiary/aromatic N) is 2. The summed E-state index contributed by atoms with van der Waals surface area (Å²) in [6.45, 7) is 4.62. The van der Waals surface area contributed by atoms with Crippen molar-refractivity contribution in [2.75, 3.05) is 9.80 Å². The van der Waals surface area contributed by atoms with Crippen molar-refractivity contribution >= 4 is 51.5 Å². The van der Waals surface area contributed by atoms with Gasteiger partial charge < -0.3 is 0 Å². The first-order valence-electron chi connectivity index (χ1n) is 17.1. The van der Waals surface area contributed by atoms with Gasteiger partial charge >= 0.3 is 280 Å². The Balaban J connectivity index is 1.09. The minimum absolute atomic E-state index is 0.116. The van der Waals surface area contributed by atoms with Crippen LogP contribution in [0, 0.1) is 0 Å². The van der Waals surface area contributed by atoms with Gasteiger partial charge in [-0.15, -0.1) is 0 Å². The molecular formula is C45H39BN2. The molecule has 0 radical (unpaired) electrons. The first-order chi connectivity index (χ1) is 23.7. The van der Waals surface area contributed by atoms with Crippen LogP contribution < -0.4 is 9.80 Å². The van der Waals surface area contributed by atoms with Crippen molar-refractivity contribution in [3.8, 4) is 0 Å². The maximum absolute atomic E-state index is 2.62. The van der Waals surface area contributed by atoms with Crippen molar-refractivity contribution in [2.24, 2.45) is 0 Å². The van der Waals surface area contributed by atoms with Crippen LogP contribution in [0.15, 0.2) is 187 Å². The van der Waals surface area contributed by atoms with Gasteiger partial charge in [-0.05, 0) is 0 Å². The molecule has 3 heteroatoms. The van der Waals surface area contributed by atoms with Crippen LogP contribution in [-0.4, -0.2) is 30.9 Å². The Hall–Kier alpha value is -5.41. The van der Waals surface area contributed by atoms with Gasteiger partial charge in [0, 0.05) is 0 Å². The van der Waals surface area contributed by atoms with E-state index in [2.05, 4.69) is 200 Å². The number of anilines is 3. The van der Waals surface area contributed by atoms with Crippen molar-refractivity contribution in [1.82, 2.24) is 0 Å². The van der Waals surface area contributed by atoms with Crippen LogP contribution in [0.2, 0.25) is 0 Å². The van der Waals surface area contributed by atoms with E-state index in [9.17, 15) is 0 Å². The Labute approximate surface area is 284 Å². The molecule has 1 aliphatic heterocycles. The number of allylic oxidation sites excluding steroid dienone is 7. The molecule has 0 saturated heterocycles. The molecule has 0 N–H and O–H groups in total. The molecule has 0 aromatic heterocycles. The second kappa shape index (κ2) is 13.4. The van der Waals surface area contributed by atoms with Gasteiger partial charge in [0.1, 0.15) is 0 Å². The van der Waals surface area contributed by atoms with Crippen LogP contribution in [0.25, 0.3) is 21.5 Å². The van der Waals surface area contributed by atoms with Gasteiger partial charge in [-0.25, -0.2) is 0 Å². The number of hydrogen-bond donors (Lipinski definition) is 0. The molecule has 5 aromatic rings. The summed E-state index contributed by atoms with van der Waals surface area (Å²) in [4.78, 5) is 5.11. The van der Waals surface area contributed by atoms with E-state index in [1.165, 1.54) is 55.3 Å². The first kappa shape index (κ1) is 30.0. The molecular weight excluding hydrogens is 579 g/mol. The second-order valence-corrected chi connectivity index (χ2v) is 12.9. The summed E-state index contributed by atoms with van der Waals surface area (Å²) in [6.07, 6.45) is 22.8. The van der Waals surface area contributed by atoms with E-state index in [0.717, 1.165) is 12.8 Å². The summed E-state index contributed by atoms with van der Waals surface area (Å²) in [7, 11) is 0. The number of para-hydroxylation sites is 1. The Morgan fingerprint density at radius 3 is 2.02 bits per heavy atom. The quantitative estimate of drug-likeness (QED) is 0.168. The summed E-state index contributed by atoms with van der Waals surface area (Å²) in [5, 5.41) is 5.09. The van der Waals surface area contributed by atoms with Crippen LogP contribution in [0.1, 0.15) is 19.8 Å². The van der Waals surface area contributed by atoms with Gasteiger partial charge in [0.2, 0.25) is 0 Å². The summed E-state index contributed by atoms with van der Waals surface area (Å²) in [5.41, 5.74) is 7.62. The molecule has 2 unspecified atom stereocenters. The molecule has 0 bridgehead atoms. The van der Waals surface area contributed by atoms with Crippen LogP contribution in [0.3, 0.4) is 0 Å². The predicted molar refractivity (Wildman–Crippen MR) is 209 cm³/mol. The molecule has 0 saturated carbocycles. The Bertz CT molecular complexity index is 2170. The third-order valence-electron chi connectivity index (χ3n) is 9.94. The number of rotatable bonds is 7. The first-order valence-corrected chi connectivity index (χ1v) is 17.1. The number of hydrogen-bond acceptors (Lipinski definition) is 2. The van der Waals surface area contributed by atoms with Crippen molar-refractivity contribution < 1.29 is 0 Å². The van der Waals surface area contributed by atoms with E-state index in [4.69, 9.17) is 0 Å². The Morgan fingerprint density at radius 2 is 1.29 bits per heavy atom. The number of benzene rings is 5. The fourth-order valence-electron chi connectivity index (χ4n) is 7.53. The van der Waals surface area contributed by atoms with Gasteiger partial charge in [0.25, 0.3) is 0 Å². The molecule has 0 fully saturated rings. The van der Waals surface area contributed by atoms with Gasteiger partial charge in [0.05, 0.1) is 0 Å². The second-order valence-electron chi connectivity index (χ2n) is 12.9. The third kappa shape index (κ3) is 5.82. The zero-order valence-corrected chi connectivity index (χ0v) is 27.4. The van der Waals surface area contributed by atoms with Crippen LogP contribution in [0.5, 0.6) is 0 Å². The topological polar surface area (TPSA) is 6.48 Å². The molecule has 3 atom stereocenters. The third-order valence-corrected chi connectivity index (χ3v) is 9.94. The Morgan fingerprint density at radius 1 is 0.625 bits per heavy atom. The van der Waals surface area contributed by atoms with E-state index in [1.54, 1.807) is 0 Å². The van der Waals surface area contributed by atoms with Gasteiger partial charge in [-0.1, -0.05) is 6.07 Å². The van der Waals surface area contributed by atoms with E-state index >= 15 is 0 Å². The van der Waals surface area contributed by atoms with Crippen LogP contribution >= 0.6 is 0 Å². The van der Waals surface area contributed by atoms with Crippen molar-refractivity contribution in [1.29, 1.82) is 0 Å². The van der Waals surface area contributed by atoms with E-state index < -0.39 is 0 Å². The predicted octanol–water partition coefficient (Wildman–Crippen LogP) is 10.5. The molecule has 2 aliphatic carbocycles. The zero-order chi connectivity index (χ0) is 32.3. The fourth-order valence-corrected chi connectivity index (χ4v) is 7.53. The molecule has 48 heavy (non-hydrogen) atoms. The van der Waals surface area contributed by atoms with E-state index in [1.807, 2.05) is 0 Å². The van der Waals surface area contributed by atoms with Crippen molar-refractivity contribution in [3.05, 3.63) is 187 Å². The van der Waals surface area contributed by atoms with Crippen LogP contribution in [-0.2, 0) is 0 Å². The van der Waals surface area contributed by atoms with Gasteiger partial charge in [-0.3, -0.25) is 0 Å². The molecule has 0 spiro atoms. The fraction of sp³-hybridized carbons (Fsp3) is 0.133. The SMILES string of the molecule is CC1=CC=CCC1N(c1cccc2ccccc12)[C@H]1B=CC=C(C2=CCC(N(c3ccccc3)c3cccc4ccccc34)C=C2)C=C1. The molecule has 1 heterocycles. The average Bonchev–Trinajstić information content (AvgIpc) is 3.40. The molecule has 2 nitrogen and oxygen atoms in total. The normalized spacial score (nSPS) is 20.1. The molecule has 3 aliphatic rings. The average molecular weight is 619 g/mol. The summed E-state index contributed by atoms with van der Waals surface area (Å²) in [6, 6.07) is 42.1. The van der Waals surface area contributed by atoms with Crippen LogP contribution in [0.4, 0.5) is 17.1 Å². The van der Waals surface area contributed by atoms with E-state index in [0.29, 0.717) is 0 Å². The Kier molecular flexibility index (Phi) is 8.35. The van der Waals surface area contributed by atoms with E-state index in [-0.39, 0.29) is 18.0 Å². The van der Waals surface area contributed by atoms with Crippen molar-refractivity contribution in [3.63, 3.8) is 0 Å². The summed E-state index contributed by atoms with van der Waals surface area (Å²) < 4.78 is 0. The van der Waals surface area contributed by atoms with Crippen molar-refractivity contribution in [2.45, 2.75) is 37.8 Å². The summed E-state index contributed by atoms with van der Waals surface area (Å²) >= 11 is 0. The standard InChI is InChI=1S/C45H39BN2/c1-33-13-5-10-22-42(33)48(44-24-12-17-37-15-7-9-21-41(37)44)45-30-27-35(31-32-46-45)34-25-28-39(29-26-34)47(38-18-3-2-4-19-38)43-23-11-16-36-14-6-8-20-40(36)43/h2-21,23-28,30-32,39,42,45H,22,29H2,1H3/t39?,42?,45-/m1/s1. The van der Waals surface area contributed by atoms with Gasteiger partial charge in [-0.2, -0.15) is 0 Å². The maximum atomic E-state index is 2.62. The molecule has 8 rings (SSSR count). The zero-order valence-electron chi connectivity index (χ0n) is 27.4. The molecule has 232 valence electrons. The number of fused-ring (bicyclic) bond motifs is 2. The summed E-state index contributed by atoms with van der Waals surface area (Å²) in [5.74, 6) is 2.37.